The fraction of sp³-hybridized carbons (Fsp3) is 0.500. The summed E-state index contributed by atoms with van der Waals surface area (Å²) in [5.74, 6) is 0.958. The fourth-order valence-corrected chi connectivity index (χ4v) is 2.58. The first kappa shape index (κ1) is 22.7. The van der Waals surface area contributed by atoms with Gasteiger partial charge in [0.2, 0.25) is 0 Å². The Balaban J connectivity index is 3.42. The molecule has 0 amide bonds. The molecule has 0 heterocycles. The highest BCUT2D eigenvalue weighted by Gasteiger charge is 1.92. The number of rotatable bonds is 14. The fourth-order valence-electron chi connectivity index (χ4n) is 1.95. The molecule has 0 N–H and O–H groups in total. The molecular weight excluding hydrogens is 312 g/mol. The zero-order valence-corrected chi connectivity index (χ0v) is 16.3. The number of carbonyl (C=O) groups excluding carboxylic acids is 1. The maximum atomic E-state index is 10.8. The lowest BCUT2D eigenvalue weighted by Crippen LogP contribution is -1.85. The van der Waals surface area contributed by atoms with E-state index >= 15 is 0 Å². The molecule has 0 aliphatic rings. The number of carbonyl (C=O) groups is 1. The van der Waals surface area contributed by atoms with Crippen LogP contribution >= 0.6 is 11.8 Å². The average Bonchev–Trinajstić information content (AvgIpc) is 2.56. The van der Waals surface area contributed by atoms with Gasteiger partial charge in [-0.2, -0.15) is 0 Å². The van der Waals surface area contributed by atoms with Crippen LogP contribution < -0.4 is 0 Å². The first-order valence-electron chi connectivity index (χ1n) is 9.15. The van der Waals surface area contributed by atoms with Crippen molar-refractivity contribution in [1.82, 2.24) is 0 Å². The minimum absolute atomic E-state index is 0.227. The van der Waals surface area contributed by atoms with Crippen molar-refractivity contribution in [2.75, 3.05) is 5.75 Å². The van der Waals surface area contributed by atoms with Crippen molar-refractivity contribution in [3.8, 4) is 0 Å². The van der Waals surface area contributed by atoms with Gasteiger partial charge in [-0.25, -0.2) is 0 Å². The van der Waals surface area contributed by atoms with E-state index in [1.807, 2.05) is 0 Å². The highest BCUT2D eigenvalue weighted by molar-refractivity contribution is 8.13. The Hall–Kier alpha value is -1.28. The molecule has 0 spiro atoms. The van der Waals surface area contributed by atoms with Crippen molar-refractivity contribution >= 4 is 16.9 Å². The van der Waals surface area contributed by atoms with Crippen LogP contribution in [0.15, 0.2) is 60.8 Å². The van der Waals surface area contributed by atoms with Crippen molar-refractivity contribution in [3.63, 3.8) is 0 Å². The molecule has 0 unspecified atom stereocenters. The molecule has 0 aliphatic carbocycles. The second-order valence-electron chi connectivity index (χ2n) is 5.54. The largest absolute Gasteiger partial charge is 0.288 e. The zero-order chi connectivity index (χ0) is 17.7. The monoisotopic (exact) mass is 346 g/mol. The van der Waals surface area contributed by atoms with Crippen molar-refractivity contribution in [3.05, 3.63) is 60.8 Å². The van der Waals surface area contributed by atoms with Crippen molar-refractivity contribution in [2.45, 2.75) is 65.2 Å². The van der Waals surface area contributed by atoms with E-state index in [1.165, 1.54) is 18.2 Å². The predicted octanol–water partition coefficient (Wildman–Crippen LogP) is 7.19. The van der Waals surface area contributed by atoms with Crippen molar-refractivity contribution < 1.29 is 4.79 Å². The Morgan fingerprint density at radius 1 is 0.708 bits per heavy atom. The molecule has 0 fully saturated rings. The quantitative estimate of drug-likeness (QED) is 0.244. The summed E-state index contributed by atoms with van der Waals surface area (Å²) in [5, 5.41) is 0.227. The van der Waals surface area contributed by atoms with Crippen LogP contribution in [0.4, 0.5) is 0 Å². The summed E-state index contributed by atoms with van der Waals surface area (Å²) in [6.07, 6.45) is 30.8. The zero-order valence-electron chi connectivity index (χ0n) is 15.5. The molecule has 0 saturated carbocycles. The molecule has 0 aromatic heterocycles. The van der Waals surface area contributed by atoms with Crippen molar-refractivity contribution in [2.24, 2.45) is 0 Å². The number of allylic oxidation sites excluding steroid dienone is 10. The molecule has 0 saturated heterocycles. The lowest BCUT2D eigenvalue weighted by molar-refractivity contribution is -0.109. The van der Waals surface area contributed by atoms with Crippen LogP contribution in [0.3, 0.4) is 0 Å². The van der Waals surface area contributed by atoms with Crippen molar-refractivity contribution in [1.29, 1.82) is 0 Å². The number of hydrogen-bond acceptors (Lipinski definition) is 2. The molecule has 2 heteroatoms. The lowest BCUT2D eigenvalue weighted by Gasteiger charge is -1.95. The second-order valence-corrected chi connectivity index (χ2v) is 6.82. The molecule has 0 aromatic rings. The Morgan fingerprint density at radius 2 is 1.17 bits per heavy atom. The van der Waals surface area contributed by atoms with E-state index in [0.29, 0.717) is 0 Å². The summed E-state index contributed by atoms with van der Waals surface area (Å²) in [5.41, 5.74) is 0. The van der Waals surface area contributed by atoms with Crippen LogP contribution in [0, 0.1) is 0 Å². The van der Waals surface area contributed by atoms with Gasteiger partial charge in [-0.1, -0.05) is 79.4 Å². The molecule has 0 radical (unpaired) electrons. The van der Waals surface area contributed by atoms with Crippen LogP contribution in [0.5, 0.6) is 0 Å². The second kappa shape index (κ2) is 19.8. The van der Waals surface area contributed by atoms with Crippen LogP contribution in [0.2, 0.25) is 0 Å². The normalized spacial score (nSPS) is 12.8. The molecule has 0 atom stereocenters. The Morgan fingerprint density at radius 3 is 1.62 bits per heavy atom. The number of thioether (sulfide) groups is 1. The maximum Gasteiger partial charge on any atom is 0.185 e. The van der Waals surface area contributed by atoms with Crippen LogP contribution in [-0.4, -0.2) is 10.9 Å². The molecule has 0 rings (SSSR count). The van der Waals surface area contributed by atoms with E-state index in [1.54, 1.807) is 6.92 Å². The van der Waals surface area contributed by atoms with Gasteiger partial charge in [-0.3, -0.25) is 4.79 Å². The Bertz CT molecular complexity index is 427. The summed E-state index contributed by atoms with van der Waals surface area (Å²) in [6, 6.07) is 0. The highest BCUT2D eigenvalue weighted by atomic mass is 32.2. The third-order valence-electron chi connectivity index (χ3n) is 3.23. The topological polar surface area (TPSA) is 17.1 Å². The summed E-state index contributed by atoms with van der Waals surface area (Å²) in [4.78, 5) is 10.8. The van der Waals surface area contributed by atoms with Crippen LogP contribution in [0.1, 0.15) is 65.2 Å². The van der Waals surface area contributed by atoms with Crippen LogP contribution in [0.25, 0.3) is 0 Å². The average molecular weight is 347 g/mol. The standard InChI is InChI=1S/C22H34OS/c1-3-4-5-6-7-8-9-10-11-12-13-14-15-16-17-18-19-20-21-24-22(2)23/h4-5,7-8,10-11,13-14,16-17H,3,6,9,12,15,18-21H2,1-2H3. The van der Waals surface area contributed by atoms with Gasteiger partial charge in [0, 0.05) is 12.7 Å². The van der Waals surface area contributed by atoms with Gasteiger partial charge in [0.15, 0.2) is 5.12 Å². The van der Waals surface area contributed by atoms with Crippen LogP contribution in [-0.2, 0) is 4.79 Å². The molecule has 0 aromatic carbocycles. The minimum atomic E-state index is 0.227. The Kier molecular flexibility index (Phi) is 18.7. The molecule has 1 nitrogen and oxygen atoms in total. The van der Waals surface area contributed by atoms with Gasteiger partial charge >= 0.3 is 0 Å². The molecule has 0 aliphatic heterocycles. The van der Waals surface area contributed by atoms with E-state index in [0.717, 1.165) is 50.7 Å². The smallest absolute Gasteiger partial charge is 0.185 e. The molecular formula is C22H34OS. The van der Waals surface area contributed by atoms with Gasteiger partial charge in [0.05, 0.1) is 0 Å². The van der Waals surface area contributed by atoms with Gasteiger partial charge in [0.1, 0.15) is 0 Å². The van der Waals surface area contributed by atoms with Gasteiger partial charge in [-0.05, 0) is 51.4 Å². The summed E-state index contributed by atoms with van der Waals surface area (Å²) in [7, 11) is 0. The summed E-state index contributed by atoms with van der Waals surface area (Å²) in [6.45, 7) is 3.79. The van der Waals surface area contributed by atoms with Gasteiger partial charge in [0.25, 0.3) is 0 Å². The first-order valence-corrected chi connectivity index (χ1v) is 10.1. The van der Waals surface area contributed by atoms with Gasteiger partial charge in [-0.15, -0.1) is 0 Å². The highest BCUT2D eigenvalue weighted by Crippen LogP contribution is 2.07. The first-order chi connectivity index (χ1) is 11.8. The third-order valence-corrected chi connectivity index (χ3v) is 4.13. The SMILES string of the molecule is CCC=CCC=CCC=CCC=CCC=CCCCCSC(C)=O. The molecule has 134 valence electrons. The van der Waals surface area contributed by atoms with E-state index < -0.39 is 0 Å². The minimum Gasteiger partial charge on any atom is -0.288 e. The van der Waals surface area contributed by atoms with E-state index in [2.05, 4.69) is 67.7 Å². The van der Waals surface area contributed by atoms with E-state index in [-0.39, 0.29) is 5.12 Å². The number of hydrogen-bond donors (Lipinski definition) is 0. The third kappa shape index (κ3) is 20.7. The summed E-state index contributed by atoms with van der Waals surface area (Å²) < 4.78 is 0. The lowest BCUT2D eigenvalue weighted by atomic mass is 10.2. The Labute approximate surface area is 153 Å². The predicted molar refractivity (Wildman–Crippen MR) is 111 cm³/mol. The molecule has 0 bridgehead atoms. The molecule has 24 heavy (non-hydrogen) atoms. The number of unbranched alkanes of at least 4 members (excludes halogenated alkanes) is 2. The summed E-state index contributed by atoms with van der Waals surface area (Å²) >= 11 is 1.43. The van der Waals surface area contributed by atoms with E-state index in [4.69, 9.17) is 0 Å². The maximum absolute atomic E-state index is 10.8. The van der Waals surface area contributed by atoms with Gasteiger partial charge < -0.3 is 0 Å². The van der Waals surface area contributed by atoms with E-state index in [9.17, 15) is 4.79 Å².